The van der Waals surface area contributed by atoms with Gasteiger partial charge in [0, 0.05) is 66.6 Å². The lowest BCUT2D eigenvalue weighted by molar-refractivity contribution is 1.08. The van der Waals surface area contributed by atoms with Gasteiger partial charge in [-0.15, -0.1) is 0 Å². The van der Waals surface area contributed by atoms with Gasteiger partial charge in [-0.3, -0.25) is 9.55 Å². The van der Waals surface area contributed by atoms with Crippen molar-refractivity contribution < 1.29 is 0 Å². The standard InChI is InChI=1S/C71H38N6/c72-39-53-68(75-54-31-11-25-46-42-21-7-8-22-43(42)47-26-12-32-55(75)62(47)61(46)54)59(40-17-3-1-4-18-40)70(76-56-33-14-28-49-51-30-16-37-73-67(51)52-29-15-34-57(76)65(52)63(49)56)60(41-19-5-2-6-20-41)69(53)77-58-35-13-27-48-44-23-9-10-24-45(44)50-36-38-74-71(77)66(50)64(48)58/h1-38H. The van der Waals surface area contributed by atoms with Crippen molar-refractivity contribution in [3.63, 3.8) is 0 Å². The highest BCUT2D eigenvalue weighted by Crippen LogP contribution is 2.55. The van der Waals surface area contributed by atoms with Gasteiger partial charge in [-0.25, -0.2) is 4.98 Å². The maximum absolute atomic E-state index is 12.8. The molecule has 0 bridgehead atoms. The van der Waals surface area contributed by atoms with Crippen LogP contribution in [0.1, 0.15) is 5.56 Å². The van der Waals surface area contributed by atoms with Crippen molar-refractivity contribution in [3.05, 3.63) is 236 Å². The Morgan fingerprint density at radius 2 is 0.662 bits per heavy atom. The number of aromatic nitrogens is 5. The SMILES string of the molecule is N#Cc1c(-n2c3cccc4c5ccccc5c5cccc2c5c43)c(-c2ccccc2)c(-n2c3cccc4c5cccnc5c5cccc2c5c43)c(-c2ccccc2)c1-n1c2cccc3c4ccccc4c4ccnc1c4c32. The molecule has 0 aliphatic carbocycles. The van der Waals surface area contributed by atoms with Crippen LogP contribution in [-0.2, 0) is 0 Å². The number of rotatable bonds is 5. The van der Waals surface area contributed by atoms with Crippen molar-refractivity contribution in [2.24, 2.45) is 0 Å². The van der Waals surface area contributed by atoms with Crippen molar-refractivity contribution in [2.45, 2.75) is 0 Å². The first-order valence-corrected chi connectivity index (χ1v) is 26.2. The van der Waals surface area contributed by atoms with E-state index in [1.165, 1.54) is 48.5 Å². The summed E-state index contributed by atoms with van der Waals surface area (Å²) in [5.41, 5.74) is 13.8. The molecule has 0 saturated carbocycles. The van der Waals surface area contributed by atoms with E-state index in [0.717, 1.165) is 121 Å². The molecule has 77 heavy (non-hydrogen) atoms. The lowest BCUT2D eigenvalue weighted by atomic mass is 9.88. The Hall–Kier alpha value is -10.6. The molecule has 0 spiro atoms. The molecular weight excluding hydrogens is 937 g/mol. The number of fused-ring (bicyclic) bond motifs is 9. The first kappa shape index (κ1) is 40.8. The fourth-order valence-electron chi connectivity index (χ4n) is 14.2. The van der Waals surface area contributed by atoms with Crippen LogP contribution in [-0.4, -0.2) is 23.7 Å². The molecule has 0 atom stereocenters. The molecule has 0 aliphatic heterocycles. The third-order valence-electron chi connectivity index (χ3n) is 17.0. The topological polar surface area (TPSA) is 64.4 Å². The van der Waals surface area contributed by atoms with Gasteiger partial charge in [0.05, 0.1) is 50.2 Å². The third kappa shape index (κ3) is 5.04. The number of hydrogen-bond donors (Lipinski definition) is 0. The Balaban J connectivity index is 1.17. The van der Waals surface area contributed by atoms with Crippen LogP contribution in [0.15, 0.2) is 231 Å². The Bertz CT molecular complexity index is 5070. The second-order valence-corrected chi connectivity index (χ2v) is 20.6. The molecule has 0 fully saturated rings. The summed E-state index contributed by atoms with van der Waals surface area (Å²) < 4.78 is 7.29. The Morgan fingerprint density at radius 1 is 0.286 bits per heavy atom. The Labute approximate surface area is 438 Å². The summed E-state index contributed by atoms with van der Waals surface area (Å²) in [6.07, 6.45) is 3.86. The van der Waals surface area contributed by atoms with Gasteiger partial charge in [-0.2, -0.15) is 5.26 Å². The molecule has 0 aliphatic rings. The van der Waals surface area contributed by atoms with E-state index >= 15 is 0 Å². The molecule has 6 heteroatoms. The van der Waals surface area contributed by atoms with E-state index in [1.54, 1.807) is 0 Å². The zero-order valence-electron chi connectivity index (χ0n) is 41.1. The number of nitrogens with zero attached hydrogens (tertiary/aromatic N) is 6. The van der Waals surface area contributed by atoms with Crippen molar-refractivity contribution in [1.29, 1.82) is 5.26 Å². The Morgan fingerprint density at radius 3 is 1.17 bits per heavy atom. The lowest BCUT2D eigenvalue weighted by Gasteiger charge is -2.28. The molecule has 0 amide bonds. The summed E-state index contributed by atoms with van der Waals surface area (Å²) in [7, 11) is 0. The van der Waals surface area contributed by atoms with Crippen molar-refractivity contribution >= 4 is 130 Å². The van der Waals surface area contributed by atoms with E-state index in [9.17, 15) is 5.26 Å². The first-order chi connectivity index (χ1) is 38.3. The average molecular weight is 975 g/mol. The normalized spacial score (nSPS) is 12.4. The molecular formula is C71H38N6. The average Bonchev–Trinajstić information content (AvgIpc) is 4.32. The maximum atomic E-state index is 12.8. The third-order valence-corrected chi connectivity index (χ3v) is 17.0. The van der Waals surface area contributed by atoms with Crippen LogP contribution in [0.3, 0.4) is 0 Å². The summed E-state index contributed by atoms with van der Waals surface area (Å²) in [6.45, 7) is 0. The number of pyridine rings is 2. The van der Waals surface area contributed by atoms with E-state index in [-0.39, 0.29) is 0 Å². The summed E-state index contributed by atoms with van der Waals surface area (Å²) in [5.74, 6) is 0. The number of benzene rings is 13. The fourth-order valence-corrected chi connectivity index (χ4v) is 14.2. The minimum Gasteiger partial charge on any atom is -0.308 e. The van der Waals surface area contributed by atoms with Gasteiger partial charge in [-0.1, -0.05) is 176 Å². The van der Waals surface area contributed by atoms with E-state index in [0.29, 0.717) is 5.56 Å². The molecule has 0 radical (unpaired) electrons. The molecule has 0 saturated heterocycles. The summed E-state index contributed by atoms with van der Waals surface area (Å²) in [5, 5.41) is 32.4. The largest absolute Gasteiger partial charge is 0.308 e. The number of hydrogen-bond acceptors (Lipinski definition) is 3. The van der Waals surface area contributed by atoms with E-state index in [1.807, 2.05) is 18.5 Å². The zero-order chi connectivity index (χ0) is 50.2. The van der Waals surface area contributed by atoms with E-state index in [4.69, 9.17) is 9.97 Å². The molecule has 6 nitrogen and oxygen atoms in total. The molecule has 18 rings (SSSR count). The van der Waals surface area contributed by atoms with Gasteiger partial charge in [0.25, 0.3) is 0 Å². The molecule has 5 aromatic heterocycles. The smallest absolute Gasteiger partial charge is 0.146 e. The molecule has 18 aromatic rings. The monoisotopic (exact) mass is 974 g/mol. The maximum Gasteiger partial charge on any atom is 0.146 e. The minimum absolute atomic E-state index is 0.536. The fraction of sp³-hybridized carbons (Fsp3) is 0. The quantitative estimate of drug-likeness (QED) is 0.161. The van der Waals surface area contributed by atoms with Gasteiger partial charge >= 0.3 is 0 Å². The van der Waals surface area contributed by atoms with Crippen molar-refractivity contribution in [3.8, 4) is 45.4 Å². The van der Waals surface area contributed by atoms with E-state index < -0.39 is 0 Å². The minimum atomic E-state index is 0.536. The highest BCUT2D eigenvalue weighted by atomic mass is 15.1. The predicted octanol–water partition coefficient (Wildman–Crippen LogP) is 18.2. The molecule has 13 aromatic carbocycles. The lowest BCUT2D eigenvalue weighted by Crippen LogP contribution is -2.13. The first-order valence-electron chi connectivity index (χ1n) is 26.2. The molecule has 352 valence electrons. The van der Waals surface area contributed by atoms with Crippen molar-refractivity contribution in [2.75, 3.05) is 0 Å². The van der Waals surface area contributed by atoms with Crippen LogP contribution in [0.5, 0.6) is 0 Å². The summed E-state index contributed by atoms with van der Waals surface area (Å²) in [6, 6.07) is 82.0. The predicted molar refractivity (Wildman–Crippen MR) is 319 cm³/mol. The molecule has 0 unspecified atom stereocenters. The zero-order valence-corrected chi connectivity index (χ0v) is 41.1. The second kappa shape index (κ2) is 14.8. The van der Waals surface area contributed by atoms with Crippen LogP contribution in [0.25, 0.3) is 170 Å². The Kier molecular flexibility index (Phi) is 7.84. The highest BCUT2D eigenvalue weighted by molar-refractivity contribution is 6.37. The van der Waals surface area contributed by atoms with Crippen LogP contribution < -0.4 is 0 Å². The highest BCUT2D eigenvalue weighted by Gasteiger charge is 2.35. The van der Waals surface area contributed by atoms with Gasteiger partial charge in [-0.05, 0) is 102 Å². The molecule has 5 heterocycles. The van der Waals surface area contributed by atoms with Gasteiger partial charge in [0.2, 0.25) is 0 Å². The summed E-state index contributed by atoms with van der Waals surface area (Å²) in [4.78, 5) is 10.5. The second-order valence-electron chi connectivity index (χ2n) is 20.6. The van der Waals surface area contributed by atoms with Gasteiger partial charge < -0.3 is 9.13 Å². The van der Waals surface area contributed by atoms with Crippen molar-refractivity contribution in [1.82, 2.24) is 23.7 Å². The van der Waals surface area contributed by atoms with Gasteiger partial charge in [0.15, 0.2) is 0 Å². The van der Waals surface area contributed by atoms with E-state index in [2.05, 4.69) is 232 Å². The van der Waals surface area contributed by atoms with Crippen LogP contribution in [0, 0.1) is 11.3 Å². The van der Waals surface area contributed by atoms with Gasteiger partial charge in [0.1, 0.15) is 17.3 Å². The van der Waals surface area contributed by atoms with Crippen LogP contribution >= 0.6 is 0 Å². The number of nitriles is 1. The van der Waals surface area contributed by atoms with Crippen LogP contribution in [0.2, 0.25) is 0 Å². The summed E-state index contributed by atoms with van der Waals surface area (Å²) >= 11 is 0. The van der Waals surface area contributed by atoms with Crippen LogP contribution in [0.4, 0.5) is 0 Å². The molecule has 0 N–H and O–H groups in total.